The number of hydrogen-bond donors (Lipinski definition) is 1. The second kappa shape index (κ2) is 5.07. The number of rotatable bonds is 3. The van der Waals surface area contributed by atoms with E-state index in [1.54, 1.807) is 0 Å². The first-order valence-electron chi connectivity index (χ1n) is 6.64. The second-order valence-corrected chi connectivity index (χ2v) is 6.95. The van der Waals surface area contributed by atoms with Gasteiger partial charge in [-0.3, -0.25) is 0 Å². The van der Waals surface area contributed by atoms with Crippen LogP contribution in [0.2, 0.25) is 0 Å². The third-order valence-corrected chi connectivity index (χ3v) is 5.13. The van der Waals surface area contributed by atoms with Crippen LogP contribution in [0.25, 0.3) is 0 Å². The predicted molar refractivity (Wildman–Crippen MR) is 74.6 cm³/mol. The molecule has 0 aliphatic heterocycles. The lowest BCUT2D eigenvalue weighted by Gasteiger charge is -2.33. The average molecular weight is 252 g/mol. The predicted octanol–water partition coefficient (Wildman–Crippen LogP) is 4.11. The Morgan fingerprint density at radius 1 is 1.41 bits per heavy atom. The van der Waals surface area contributed by atoms with Crippen LogP contribution >= 0.6 is 11.3 Å². The van der Waals surface area contributed by atoms with Crippen molar-refractivity contribution in [3.05, 3.63) is 16.1 Å². The fourth-order valence-electron chi connectivity index (χ4n) is 2.48. The van der Waals surface area contributed by atoms with E-state index in [1.807, 2.05) is 18.4 Å². The summed E-state index contributed by atoms with van der Waals surface area (Å²) >= 11 is 1.85. The molecule has 0 bridgehead atoms. The Balaban J connectivity index is 2.01. The molecule has 1 aromatic rings. The molecule has 1 aliphatic rings. The van der Waals surface area contributed by atoms with E-state index in [2.05, 4.69) is 31.5 Å². The van der Waals surface area contributed by atoms with Gasteiger partial charge in [0.2, 0.25) is 0 Å². The van der Waals surface area contributed by atoms with Gasteiger partial charge >= 0.3 is 0 Å². The molecule has 0 saturated heterocycles. The highest BCUT2D eigenvalue weighted by atomic mass is 32.1. The average Bonchev–Trinajstić information content (AvgIpc) is 2.77. The molecule has 1 aromatic heterocycles. The molecule has 96 valence electrons. The molecular weight excluding hydrogens is 228 g/mol. The molecule has 3 heteroatoms. The zero-order valence-corrected chi connectivity index (χ0v) is 12.2. The van der Waals surface area contributed by atoms with E-state index in [1.165, 1.54) is 36.4 Å². The molecule has 1 atom stereocenters. The molecule has 17 heavy (non-hydrogen) atoms. The van der Waals surface area contributed by atoms with Crippen LogP contribution in [0.4, 0.5) is 0 Å². The van der Waals surface area contributed by atoms with E-state index in [9.17, 15) is 0 Å². The molecular formula is C14H24N2S. The van der Waals surface area contributed by atoms with Crippen molar-refractivity contribution in [3.8, 4) is 0 Å². The van der Waals surface area contributed by atoms with E-state index in [-0.39, 0.29) is 0 Å². The summed E-state index contributed by atoms with van der Waals surface area (Å²) in [5.74, 6) is 0.714. The first-order chi connectivity index (χ1) is 8.02. The molecule has 1 N–H and O–H groups in total. The van der Waals surface area contributed by atoms with Crippen LogP contribution in [0.5, 0.6) is 0 Å². The van der Waals surface area contributed by atoms with Gasteiger partial charge in [-0.1, -0.05) is 13.8 Å². The summed E-state index contributed by atoms with van der Waals surface area (Å²) in [7, 11) is 1.99. The lowest BCUT2D eigenvalue weighted by Crippen LogP contribution is -2.20. The van der Waals surface area contributed by atoms with Crippen LogP contribution < -0.4 is 5.32 Å². The fraction of sp³-hybridized carbons (Fsp3) is 0.786. The summed E-state index contributed by atoms with van der Waals surface area (Å²) < 4.78 is 0. The highest BCUT2D eigenvalue weighted by Crippen LogP contribution is 2.43. The van der Waals surface area contributed by atoms with Gasteiger partial charge < -0.3 is 5.32 Å². The van der Waals surface area contributed by atoms with Gasteiger partial charge in [-0.25, -0.2) is 4.98 Å². The van der Waals surface area contributed by atoms with E-state index >= 15 is 0 Å². The van der Waals surface area contributed by atoms with E-state index in [4.69, 9.17) is 4.98 Å². The molecule has 1 saturated carbocycles. The molecule has 2 rings (SSSR count). The Labute approximate surface area is 109 Å². The smallest absolute Gasteiger partial charge is 0.0959 e. The molecule has 2 nitrogen and oxygen atoms in total. The normalized spacial score (nSPS) is 22.6. The fourth-order valence-corrected chi connectivity index (χ4v) is 3.57. The number of nitrogens with one attached hydrogen (secondary N) is 1. The third kappa shape index (κ3) is 3.08. The Morgan fingerprint density at radius 3 is 2.65 bits per heavy atom. The third-order valence-electron chi connectivity index (χ3n) is 4.10. The quantitative estimate of drug-likeness (QED) is 0.875. The summed E-state index contributed by atoms with van der Waals surface area (Å²) in [4.78, 5) is 4.81. The minimum Gasteiger partial charge on any atom is -0.312 e. The minimum atomic E-state index is 0.375. The number of nitrogens with zero attached hydrogens (tertiary/aromatic N) is 1. The Bertz CT molecular complexity index is 360. The highest BCUT2D eigenvalue weighted by Gasteiger charge is 2.29. The lowest BCUT2D eigenvalue weighted by molar-refractivity contribution is 0.224. The number of thiazole rings is 1. The van der Waals surface area contributed by atoms with Gasteiger partial charge in [-0.15, -0.1) is 11.3 Å². The van der Waals surface area contributed by atoms with Crippen molar-refractivity contribution in [2.75, 3.05) is 7.05 Å². The van der Waals surface area contributed by atoms with Crippen molar-refractivity contribution < 1.29 is 0 Å². The summed E-state index contributed by atoms with van der Waals surface area (Å²) in [6.45, 7) is 6.95. The molecule has 1 heterocycles. The second-order valence-electron chi connectivity index (χ2n) is 6.06. The van der Waals surface area contributed by atoms with Crippen LogP contribution in [0.3, 0.4) is 0 Å². The number of hydrogen-bond acceptors (Lipinski definition) is 3. The maximum atomic E-state index is 4.81. The van der Waals surface area contributed by atoms with Crippen molar-refractivity contribution in [1.29, 1.82) is 0 Å². The van der Waals surface area contributed by atoms with E-state index < -0.39 is 0 Å². The van der Waals surface area contributed by atoms with Gasteiger partial charge in [0, 0.05) is 17.3 Å². The Morgan fingerprint density at radius 2 is 2.06 bits per heavy atom. The summed E-state index contributed by atoms with van der Waals surface area (Å²) in [6, 6.07) is 0.375. The largest absolute Gasteiger partial charge is 0.312 e. The van der Waals surface area contributed by atoms with Crippen LogP contribution in [-0.2, 0) is 0 Å². The topological polar surface area (TPSA) is 24.9 Å². The molecule has 1 fully saturated rings. The van der Waals surface area contributed by atoms with Crippen molar-refractivity contribution in [2.24, 2.45) is 5.41 Å². The zero-order chi connectivity index (χ0) is 12.5. The van der Waals surface area contributed by atoms with Gasteiger partial charge in [0.05, 0.1) is 10.7 Å². The molecule has 0 radical (unpaired) electrons. The van der Waals surface area contributed by atoms with Gasteiger partial charge in [-0.05, 0) is 45.1 Å². The van der Waals surface area contributed by atoms with Gasteiger partial charge in [0.25, 0.3) is 0 Å². The standard InChI is InChI=1S/C14H24N2S/c1-10(15-4)12-9-17-13(16-12)11-5-7-14(2,3)8-6-11/h9-11,15H,5-8H2,1-4H3. The maximum Gasteiger partial charge on any atom is 0.0959 e. The van der Waals surface area contributed by atoms with Crippen LogP contribution in [0, 0.1) is 5.41 Å². The van der Waals surface area contributed by atoms with Gasteiger partial charge in [0.15, 0.2) is 0 Å². The summed E-state index contributed by atoms with van der Waals surface area (Å²) in [5.41, 5.74) is 1.76. The van der Waals surface area contributed by atoms with E-state index in [0.717, 1.165) is 0 Å². The van der Waals surface area contributed by atoms with Gasteiger partial charge in [-0.2, -0.15) is 0 Å². The van der Waals surface area contributed by atoms with Crippen molar-refractivity contribution in [1.82, 2.24) is 10.3 Å². The zero-order valence-electron chi connectivity index (χ0n) is 11.4. The minimum absolute atomic E-state index is 0.375. The maximum absolute atomic E-state index is 4.81. The lowest BCUT2D eigenvalue weighted by atomic mass is 9.73. The molecule has 0 spiro atoms. The first-order valence-corrected chi connectivity index (χ1v) is 7.52. The SMILES string of the molecule is CNC(C)c1csc(C2CCC(C)(C)CC2)n1. The van der Waals surface area contributed by atoms with Crippen LogP contribution in [0.15, 0.2) is 5.38 Å². The van der Waals surface area contributed by atoms with E-state index in [0.29, 0.717) is 17.4 Å². The first kappa shape index (κ1) is 13.0. The van der Waals surface area contributed by atoms with Crippen molar-refractivity contribution in [2.45, 2.75) is 58.4 Å². The van der Waals surface area contributed by atoms with Crippen LogP contribution in [-0.4, -0.2) is 12.0 Å². The van der Waals surface area contributed by atoms with Crippen molar-refractivity contribution >= 4 is 11.3 Å². The molecule has 1 aliphatic carbocycles. The van der Waals surface area contributed by atoms with Gasteiger partial charge in [0.1, 0.15) is 0 Å². The molecule has 0 amide bonds. The molecule has 1 unspecified atom stereocenters. The number of aromatic nitrogens is 1. The Hall–Kier alpha value is -0.410. The highest BCUT2D eigenvalue weighted by molar-refractivity contribution is 7.09. The molecule has 0 aromatic carbocycles. The monoisotopic (exact) mass is 252 g/mol. The van der Waals surface area contributed by atoms with Crippen LogP contribution in [0.1, 0.15) is 69.1 Å². The summed E-state index contributed by atoms with van der Waals surface area (Å²) in [5, 5.41) is 6.83. The summed E-state index contributed by atoms with van der Waals surface area (Å²) in [6.07, 6.45) is 5.31. The Kier molecular flexibility index (Phi) is 3.88. The van der Waals surface area contributed by atoms with Crippen molar-refractivity contribution in [3.63, 3.8) is 0 Å².